The Kier molecular flexibility index (Phi) is 3.40. The topological polar surface area (TPSA) is 29.3 Å². The van der Waals surface area contributed by atoms with Crippen LogP contribution < -0.4 is 5.73 Å². The molecule has 2 saturated heterocycles. The van der Waals surface area contributed by atoms with Crippen molar-refractivity contribution >= 4 is 11.8 Å². The lowest BCUT2D eigenvalue weighted by molar-refractivity contribution is 0.118. The molecule has 0 aliphatic carbocycles. The van der Waals surface area contributed by atoms with Crippen LogP contribution in [0.4, 0.5) is 0 Å². The molecule has 14 heavy (non-hydrogen) atoms. The number of likely N-dealkylation sites (tertiary alicyclic amines) is 1. The fourth-order valence-corrected chi connectivity index (χ4v) is 3.53. The van der Waals surface area contributed by atoms with Gasteiger partial charge in [-0.15, -0.1) is 0 Å². The van der Waals surface area contributed by atoms with Crippen molar-refractivity contribution in [3.05, 3.63) is 0 Å². The molecule has 0 bridgehead atoms. The van der Waals surface area contributed by atoms with Crippen molar-refractivity contribution in [2.45, 2.75) is 44.2 Å². The molecule has 2 fully saturated rings. The summed E-state index contributed by atoms with van der Waals surface area (Å²) in [5, 5.41) is 0. The first-order chi connectivity index (χ1) is 6.67. The predicted octanol–water partition coefficient (Wildman–Crippen LogP) is 1.70. The highest BCUT2D eigenvalue weighted by atomic mass is 32.2. The van der Waals surface area contributed by atoms with Crippen molar-refractivity contribution in [1.29, 1.82) is 0 Å². The first kappa shape index (κ1) is 10.8. The van der Waals surface area contributed by atoms with Gasteiger partial charge in [-0.3, -0.25) is 0 Å². The Bertz CT molecular complexity index is 178. The Morgan fingerprint density at radius 3 is 2.36 bits per heavy atom. The summed E-state index contributed by atoms with van der Waals surface area (Å²) in [5.74, 6) is 2.72. The Morgan fingerprint density at radius 2 is 1.79 bits per heavy atom. The van der Waals surface area contributed by atoms with Crippen LogP contribution in [0.1, 0.15) is 32.6 Å². The molecule has 0 radical (unpaired) electrons. The second kappa shape index (κ2) is 4.42. The number of piperidine rings is 1. The van der Waals surface area contributed by atoms with E-state index in [4.69, 9.17) is 5.73 Å². The largest absolute Gasteiger partial charge is 0.325 e. The average Bonchev–Trinajstić information content (AvgIpc) is 2.19. The zero-order chi connectivity index (χ0) is 10.0. The van der Waals surface area contributed by atoms with Gasteiger partial charge >= 0.3 is 0 Å². The van der Waals surface area contributed by atoms with Gasteiger partial charge in [0.05, 0.1) is 0 Å². The lowest BCUT2D eigenvalue weighted by atomic mass is 9.89. The van der Waals surface area contributed by atoms with Crippen LogP contribution in [0, 0.1) is 0 Å². The van der Waals surface area contributed by atoms with Crippen molar-refractivity contribution in [2.75, 3.05) is 24.6 Å². The maximum Gasteiger partial charge on any atom is 0.0150 e. The molecule has 0 spiro atoms. The predicted molar refractivity (Wildman–Crippen MR) is 63.7 cm³/mol. The molecule has 0 aromatic heterocycles. The molecule has 2 nitrogen and oxygen atoms in total. The van der Waals surface area contributed by atoms with Gasteiger partial charge in [0.15, 0.2) is 0 Å². The number of nitrogens with zero attached hydrogens (tertiary/aromatic N) is 1. The molecule has 2 N–H and O–H groups in total. The molecule has 82 valence electrons. The molecule has 2 aliphatic rings. The van der Waals surface area contributed by atoms with Gasteiger partial charge in [-0.05, 0) is 44.1 Å². The Labute approximate surface area is 91.6 Å². The SMILES string of the molecule is CC1(N)CCN(C2CCSCC2)CC1. The van der Waals surface area contributed by atoms with Crippen LogP contribution in [0.25, 0.3) is 0 Å². The van der Waals surface area contributed by atoms with Gasteiger partial charge in [0.25, 0.3) is 0 Å². The molecule has 2 heterocycles. The van der Waals surface area contributed by atoms with Crippen molar-refractivity contribution in [3.63, 3.8) is 0 Å². The number of nitrogens with two attached hydrogens (primary N) is 1. The minimum atomic E-state index is 0.111. The van der Waals surface area contributed by atoms with Gasteiger partial charge in [0, 0.05) is 24.7 Å². The summed E-state index contributed by atoms with van der Waals surface area (Å²) >= 11 is 2.11. The van der Waals surface area contributed by atoms with Crippen LogP contribution in [0.3, 0.4) is 0 Å². The van der Waals surface area contributed by atoms with Gasteiger partial charge in [-0.2, -0.15) is 11.8 Å². The van der Waals surface area contributed by atoms with Crippen LogP contribution in [0.5, 0.6) is 0 Å². The number of rotatable bonds is 1. The summed E-state index contributed by atoms with van der Waals surface area (Å²) in [6.07, 6.45) is 5.14. The summed E-state index contributed by atoms with van der Waals surface area (Å²) in [6, 6.07) is 0.868. The minimum Gasteiger partial charge on any atom is -0.325 e. The van der Waals surface area contributed by atoms with Crippen LogP contribution in [-0.4, -0.2) is 41.1 Å². The molecule has 0 aromatic rings. The van der Waals surface area contributed by atoms with Crippen LogP contribution in [0.2, 0.25) is 0 Å². The van der Waals surface area contributed by atoms with E-state index in [1.54, 1.807) is 0 Å². The zero-order valence-corrected chi connectivity index (χ0v) is 9.98. The molecule has 0 atom stereocenters. The summed E-state index contributed by atoms with van der Waals surface area (Å²) < 4.78 is 0. The van der Waals surface area contributed by atoms with E-state index in [9.17, 15) is 0 Å². The lowest BCUT2D eigenvalue weighted by Crippen LogP contribution is -2.51. The highest BCUT2D eigenvalue weighted by Crippen LogP contribution is 2.26. The van der Waals surface area contributed by atoms with E-state index in [2.05, 4.69) is 23.6 Å². The summed E-state index contributed by atoms with van der Waals surface area (Å²) in [4.78, 5) is 2.67. The molecule has 3 heteroatoms. The van der Waals surface area contributed by atoms with Crippen LogP contribution >= 0.6 is 11.8 Å². The van der Waals surface area contributed by atoms with Crippen molar-refractivity contribution < 1.29 is 0 Å². The Balaban J connectivity index is 1.82. The number of hydrogen-bond acceptors (Lipinski definition) is 3. The van der Waals surface area contributed by atoms with E-state index in [1.165, 1.54) is 50.3 Å². The standard InChI is InChI=1S/C11H22N2S/c1-11(12)4-6-13(7-5-11)10-2-8-14-9-3-10/h10H,2-9,12H2,1H3. The van der Waals surface area contributed by atoms with Gasteiger partial charge in [0.1, 0.15) is 0 Å². The molecular weight excluding hydrogens is 192 g/mol. The smallest absolute Gasteiger partial charge is 0.0150 e. The van der Waals surface area contributed by atoms with E-state index in [0.717, 1.165) is 6.04 Å². The normalized spacial score (nSPS) is 30.4. The summed E-state index contributed by atoms with van der Waals surface area (Å²) in [5.41, 5.74) is 6.25. The highest BCUT2D eigenvalue weighted by Gasteiger charge is 2.30. The summed E-state index contributed by atoms with van der Waals surface area (Å²) in [7, 11) is 0. The monoisotopic (exact) mass is 214 g/mol. The molecule has 0 unspecified atom stereocenters. The second-order valence-electron chi connectivity index (χ2n) is 5.03. The number of thioether (sulfide) groups is 1. The third-order valence-electron chi connectivity index (χ3n) is 3.65. The van der Waals surface area contributed by atoms with Crippen molar-refractivity contribution in [1.82, 2.24) is 4.90 Å². The minimum absolute atomic E-state index is 0.111. The fourth-order valence-electron chi connectivity index (χ4n) is 2.45. The number of hydrogen-bond donors (Lipinski definition) is 1. The van der Waals surface area contributed by atoms with Gasteiger partial charge in [-0.1, -0.05) is 0 Å². The van der Waals surface area contributed by atoms with Crippen molar-refractivity contribution in [2.24, 2.45) is 5.73 Å². The lowest BCUT2D eigenvalue weighted by Gasteiger charge is -2.42. The fraction of sp³-hybridized carbons (Fsp3) is 1.00. The van der Waals surface area contributed by atoms with E-state index >= 15 is 0 Å². The molecule has 0 saturated carbocycles. The van der Waals surface area contributed by atoms with Crippen LogP contribution in [0.15, 0.2) is 0 Å². The van der Waals surface area contributed by atoms with Gasteiger partial charge < -0.3 is 10.6 Å². The van der Waals surface area contributed by atoms with E-state index < -0.39 is 0 Å². The Hall–Kier alpha value is 0.270. The average molecular weight is 214 g/mol. The molecule has 0 amide bonds. The van der Waals surface area contributed by atoms with E-state index in [1.807, 2.05) is 0 Å². The van der Waals surface area contributed by atoms with E-state index in [0.29, 0.717) is 0 Å². The molecule has 2 rings (SSSR count). The summed E-state index contributed by atoms with van der Waals surface area (Å²) in [6.45, 7) is 4.64. The molecule has 0 aromatic carbocycles. The van der Waals surface area contributed by atoms with Gasteiger partial charge in [0.2, 0.25) is 0 Å². The van der Waals surface area contributed by atoms with Crippen molar-refractivity contribution in [3.8, 4) is 0 Å². The highest BCUT2D eigenvalue weighted by molar-refractivity contribution is 7.99. The third kappa shape index (κ3) is 2.65. The first-order valence-electron chi connectivity index (χ1n) is 5.78. The molecular formula is C11H22N2S. The van der Waals surface area contributed by atoms with Crippen LogP contribution in [-0.2, 0) is 0 Å². The van der Waals surface area contributed by atoms with E-state index in [-0.39, 0.29) is 5.54 Å². The zero-order valence-electron chi connectivity index (χ0n) is 9.17. The van der Waals surface area contributed by atoms with Gasteiger partial charge in [-0.25, -0.2) is 0 Å². The first-order valence-corrected chi connectivity index (χ1v) is 6.93. The quantitative estimate of drug-likeness (QED) is 0.720. The molecule has 2 aliphatic heterocycles. The second-order valence-corrected chi connectivity index (χ2v) is 6.26. The maximum absolute atomic E-state index is 6.14. The Morgan fingerprint density at radius 1 is 1.21 bits per heavy atom. The maximum atomic E-state index is 6.14. The third-order valence-corrected chi connectivity index (χ3v) is 4.70.